The van der Waals surface area contributed by atoms with Crippen molar-refractivity contribution in [3.8, 4) is 0 Å². The Labute approximate surface area is 207 Å². The zero-order valence-electron chi connectivity index (χ0n) is 20.8. The molecule has 1 aromatic carbocycles. The summed E-state index contributed by atoms with van der Waals surface area (Å²) in [7, 11) is -2.07. The second kappa shape index (κ2) is 8.27. The van der Waals surface area contributed by atoms with Gasteiger partial charge in [-0.25, -0.2) is 17.9 Å². The molecular weight excluding hydrogens is 484 g/mol. The second-order valence-corrected chi connectivity index (χ2v) is 11.5. The molecule has 0 amide bonds. The third-order valence-corrected chi connectivity index (χ3v) is 8.44. The number of nitrogens with one attached hydrogen (secondary N) is 1. The Kier molecular flexibility index (Phi) is 5.56. The number of nitrogens with zero attached hydrogens (tertiary/aromatic N) is 5. The van der Waals surface area contributed by atoms with Crippen molar-refractivity contribution in [1.29, 1.82) is 0 Å². The van der Waals surface area contributed by atoms with Crippen LogP contribution in [-0.4, -0.2) is 38.0 Å². The highest BCUT2D eigenvalue weighted by atomic mass is 32.2. The van der Waals surface area contributed by atoms with E-state index in [-0.39, 0.29) is 23.4 Å². The molecule has 1 aliphatic rings. The van der Waals surface area contributed by atoms with Crippen LogP contribution in [0.4, 0.5) is 0 Å². The summed E-state index contributed by atoms with van der Waals surface area (Å²) in [5.74, 6) is 0.505. The third kappa shape index (κ3) is 4.20. The third-order valence-electron chi connectivity index (χ3n) is 6.80. The van der Waals surface area contributed by atoms with Gasteiger partial charge in [0.05, 0.1) is 46.0 Å². The van der Waals surface area contributed by atoms with E-state index in [0.29, 0.717) is 22.5 Å². The number of fused-ring (bicyclic) bond motifs is 1. The smallest absolute Gasteiger partial charge is 0.332 e. The fourth-order valence-corrected chi connectivity index (χ4v) is 5.89. The van der Waals surface area contributed by atoms with E-state index in [9.17, 15) is 18.0 Å². The number of rotatable bonds is 7. The summed E-state index contributed by atoms with van der Waals surface area (Å²) >= 11 is 0. The van der Waals surface area contributed by atoms with Gasteiger partial charge in [0, 0.05) is 18.2 Å². The molecule has 36 heavy (non-hydrogen) atoms. The normalized spacial score (nSPS) is 15.0. The lowest BCUT2D eigenvalue weighted by molar-refractivity contribution is 0.391. The van der Waals surface area contributed by atoms with Crippen LogP contribution in [0, 0.1) is 20.8 Å². The molecule has 3 aromatic heterocycles. The van der Waals surface area contributed by atoms with Gasteiger partial charge in [0.25, 0.3) is 5.56 Å². The first-order valence-corrected chi connectivity index (χ1v) is 13.1. The van der Waals surface area contributed by atoms with Gasteiger partial charge < -0.3 is 4.52 Å². The molecule has 1 aliphatic carbocycles. The zero-order chi connectivity index (χ0) is 26.0. The minimum absolute atomic E-state index is 0.0225. The van der Waals surface area contributed by atoms with Gasteiger partial charge in [-0.3, -0.25) is 18.6 Å². The zero-order valence-corrected chi connectivity index (χ0v) is 21.6. The Balaban J connectivity index is 1.73. The quantitative estimate of drug-likeness (QED) is 0.399. The van der Waals surface area contributed by atoms with E-state index in [1.54, 1.807) is 25.6 Å². The van der Waals surface area contributed by atoms with Gasteiger partial charge in [0.2, 0.25) is 10.0 Å². The SMILES string of the molecule is Cc1cc(Cn2c(=O)n(Cc3c(C)noc3C)c(=O)c3cc(S(=O)(=O)NC4(C)CC4)ccc32)n(C)n1. The van der Waals surface area contributed by atoms with Crippen molar-refractivity contribution in [3.05, 3.63) is 73.5 Å². The van der Waals surface area contributed by atoms with Crippen LogP contribution in [0.2, 0.25) is 0 Å². The van der Waals surface area contributed by atoms with Crippen LogP contribution >= 0.6 is 0 Å². The van der Waals surface area contributed by atoms with E-state index < -0.39 is 26.8 Å². The van der Waals surface area contributed by atoms with E-state index in [1.165, 1.54) is 22.8 Å². The molecule has 12 heteroatoms. The number of hydrogen-bond donors (Lipinski definition) is 1. The molecule has 11 nitrogen and oxygen atoms in total. The van der Waals surface area contributed by atoms with E-state index in [4.69, 9.17) is 4.52 Å². The fraction of sp³-hybridized carbons (Fsp3) is 0.417. The highest BCUT2D eigenvalue weighted by Gasteiger charge is 2.41. The summed E-state index contributed by atoms with van der Waals surface area (Å²) in [4.78, 5) is 27.3. The molecule has 1 fully saturated rings. The molecule has 190 valence electrons. The number of sulfonamides is 1. The summed E-state index contributed by atoms with van der Waals surface area (Å²) in [6, 6.07) is 6.16. The molecular formula is C24H28N6O5S. The first-order valence-electron chi connectivity index (χ1n) is 11.6. The van der Waals surface area contributed by atoms with Crippen molar-refractivity contribution >= 4 is 20.9 Å². The fourth-order valence-electron chi connectivity index (χ4n) is 4.40. The van der Waals surface area contributed by atoms with Gasteiger partial charge in [-0.05, 0) is 64.8 Å². The highest BCUT2D eigenvalue weighted by Crippen LogP contribution is 2.36. The maximum absolute atomic E-state index is 13.7. The molecule has 0 atom stereocenters. The number of hydrogen-bond acceptors (Lipinski definition) is 7. The van der Waals surface area contributed by atoms with Crippen LogP contribution in [-0.2, 0) is 30.2 Å². The Bertz CT molecular complexity index is 1720. The van der Waals surface area contributed by atoms with Crippen LogP contribution in [0.5, 0.6) is 0 Å². The predicted octanol–water partition coefficient (Wildman–Crippen LogP) is 1.74. The van der Waals surface area contributed by atoms with Gasteiger partial charge in [0.1, 0.15) is 5.76 Å². The Morgan fingerprint density at radius 2 is 1.81 bits per heavy atom. The van der Waals surface area contributed by atoms with Gasteiger partial charge in [-0.1, -0.05) is 5.16 Å². The molecule has 0 saturated heterocycles. The predicted molar refractivity (Wildman–Crippen MR) is 133 cm³/mol. The monoisotopic (exact) mass is 512 g/mol. The molecule has 5 rings (SSSR count). The maximum Gasteiger partial charge on any atom is 0.332 e. The van der Waals surface area contributed by atoms with Gasteiger partial charge in [-0.2, -0.15) is 5.10 Å². The lowest BCUT2D eigenvalue weighted by Crippen LogP contribution is -2.41. The number of aromatic nitrogens is 5. The molecule has 0 bridgehead atoms. The lowest BCUT2D eigenvalue weighted by atomic mass is 10.2. The second-order valence-electron chi connectivity index (χ2n) is 9.81. The summed E-state index contributed by atoms with van der Waals surface area (Å²) in [6.45, 7) is 7.25. The Morgan fingerprint density at radius 3 is 2.39 bits per heavy atom. The van der Waals surface area contributed by atoms with Crippen molar-refractivity contribution < 1.29 is 12.9 Å². The van der Waals surface area contributed by atoms with Gasteiger partial charge >= 0.3 is 5.69 Å². The first-order chi connectivity index (χ1) is 16.9. The minimum atomic E-state index is -3.85. The molecule has 0 unspecified atom stereocenters. The first kappa shape index (κ1) is 24.2. The molecule has 1 N–H and O–H groups in total. The summed E-state index contributed by atoms with van der Waals surface area (Å²) in [5, 5.41) is 8.41. The van der Waals surface area contributed by atoms with E-state index in [1.807, 2.05) is 19.9 Å². The molecule has 4 aromatic rings. The number of benzene rings is 1. The van der Waals surface area contributed by atoms with Crippen LogP contribution in [0.3, 0.4) is 0 Å². The Hall–Kier alpha value is -3.51. The van der Waals surface area contributed by atoms with Crippen molar-refractivity contribution in [2.24, 2.45) is 7.05 Å². The van der Waals surface area contributed by atoms with Crippen LogP contribution < -0.4 is 16.0 Å². The van der Waals surface area contributed by atoms with E-state index in [2.05, 4.69) is 15.0 Å². The summed E-state index contributed by atoms with van der Waals surface area (Å²) in [6.07, 6.45) is 1.52. The van der Waals surface area contributed by atoms with Crippen molar-refractivity contribution in [1.82, 2.24) is 28.8 Å². The summed E-state index contributed by atoms with van der Waals surface area (Å²) < 4.78 is 38.3. The van der Waals surface area contributed by atoms with Crippen molar-refractivity contribution in [2.75, 3.05) is 0 Å². The van der Waals surface area contributed by atoms with E-state index >= 15 is 0 Å². The van der Waals surface area contributed by atoms with Crippen LogP contribution in [0.15, 0.2) is 43.3 Å². The largest absolute Gasteiger partial charge is 0.361 e. The lowest BCUT2D eigenvalue weighted by Gasteiger charge is -2.16. The molecule has 0 aliphatic heterocycles. The molecule has 3 heterocycles. The topological polar surface area (TPSA) is 134 Å². The maximum atomic E-state index is 13.7. The molecule has 0 spiro atoms. The standard InChI is InChI=1S/C24H28N6O5S/c1-14-10-17(28(5)25-14)12-29-21-7-6-18(36(33,34)27-24(4)8-9-24)11-19(21)22(31)30(23(29)32)13-20-15(2)26-35-16(20)3/h6-7,10-11,27H,8-9,12-13H2,1-5H3. The van der Waals surface area contributed by atoms with Gasteiger partial charge in [0.15, 0.2) is 0 Å². The minimum Gasteiger partial charge on any atom is -0.361 e. The summed E-state index contributed by atoms with van der Waals surface area (Å²) in [5.41, 5.74) is 1.53. The van der Waals surface area contributed by atoms with Crippen LogP contribution in [0.25, 0.3) is 10.9 Å². The van der Waals surface area contributed by atoms with Crippen molar-refractivity contribution in [3.63, 3.8) is 0 Å². The average Bonchev–Trinajstić information content (AvgIpc) is 3.31. The average molecular weight is 513 g/mol. The van der Waals surface area contributed by atoms with Gasteiger partial charge in [-0.15, -0.1) is 0 Å². The van der Waals surface area contributed by atoms with Crippen molar-refractivity contribution in [2.45, 2.75) is 64.1 Å². The van der Waals surface area contributed by atoms with E-state index in [0.717, 1.165) is 28.8 Å². The highest BCUT2D eigenvalue weighted by molar-refractivity contribution is 7.89. The molecule has 0 radical (unpaired) electrons. The van der Waals surface area contributed by atoms with Crippen LogP contribution in [0.1, 0.15) is 48.2 Å². The Morgan fingerprint density at radius 1 is 1.08 bits per heavy atom. The molecule has 1 saturated carbocycles. The number of aryl methyl sites for hydroxylation is 4.